The molecule has 2 N–H and O–H groups in total. The second-order valence-electron chi connectivity index (χ2n) is 8.21. The van der Waals surface area contributed by atoms with Gasteiger partial charge in [-0.2, -0.15) is 0 Å². The van der Waals surface area contributed by atoms with Crippen LogP contribution in [0.3, 0.4) is 0 Å². The van der Waals surface area contributed by atoms with Crippen LogP contribution in [0.15, 0.2) is 42.5 Å². The molecule has 0 aliphatic carbocycles. The lowest BCUT2D eigenvalue weighted by Crippen LogP contribution is -2.16. The second-order valence-corrected chi connectivity index (χ2v) is 8.21. The number of nitrogens with one attached hydrogen (secondary N) is 2. The fourth-order valence-electron chi connectivity index (χ4n) is 3.75. The zero-order valence-corrected chi connectivity index (χ0v) is 20.1. The highest BCUT2D eigenvalue weighted by atomic mass is 19.1. The zero-order valence-electron chi connectivity index (χ0n) is 20.1. The van der Waals surface area contributed by atoms with Crippen molar-refractivity contribution >= 4 is 34.9 Å². The van der Waals surface area contributed by atoms with Gasteiger partial charge in [-0.05, 0) is 62.7 Å². The van der Waals surface area contributed by atoms with Gasteiger partial charge in [-0.25, -0.2) is 9.18 Å². The number of aromatic nitrogens is 1. The molecule has 0 atom stereocenters. The van der Waals surface area contributed by atoms with Gasteiger partial charge in [-0.3, -0.25) is 14.4 Å². The number of aryl methyl sites for hydroxylation is 2. The molecule has 0 aliphatic rings. The van der Waals surface area contributed by atoms with Gasteiger partial charge in [-0.1, -0.05) is 6.07 Å². The first-order valence-corrected chi connectivity index (χ1v) is 10.8. The van der Waals surface area contributed by atoms with E-state index in [1.807, 2.05) is 0 Å². The third kappa shape index (κ3) is 6.00. The van der Waals surface area contributed by atoms with E-state index in [2.05, 4.69) is 10.6 Å². The highest BCUT2D eigenvalue weighted by Crippen LogP contribution is 2.24. The largest absolute Gasteiger partial charge is 0.454 e. The van der Waals surface area contributed by atoms with Crippen molar-refractivity contribution in [1.82, 2.24) is 4.57 Å². The minimum absolute atomic E-state index is 0.0494. The standard InChI is InChI=1S/C26H26FN3O5/c1-14-6-7-22(12-24(14)27)30-15(2)8-23(16(30)3)25(33)13-35-26(34)19-9-20(28-17(4)31)11-21(10-19)29-18(5)32/h6-12H,13H2,1-5H3,(H,28,31)(H,29,32). The minimum atomic E-state index is -0.799. The van der Waals surface area contributed by atoms with E-state index in [9.17, 15) is 23.6 Å². The number of nitrogens with zero attached hydrogens (tertiary/aromatic N) is 1. The van der Waals surface area contributed by atoms with E-state index in [4.69, 9.17) is 4.74 Å². The topological polar surface area (TPSA) is 107 Å². The summed E-state index contributed by atoms with van der Waals surface area (Å²) in [6.07, 6.45) is 0. The number of esters is 1. The highest BCUT2D eigenvalue weighted by Gasteiger charge is 2.20. The Labute approximate surface area is 202 Å². The maximum Gasteiger partial charge on any atom is 0.338 e. The van der Waals surface area contributed by atoms with Gasteiger partial charge in [0.25, 0.3) is 0 Å². The first-order chi connectivity index (χ1) is 16.5. The predicted octanol–water partition coefficient (Wildman–Crippen LogP) is 4.50. The maximum absolute atomic E-state index is 14.1. The third-order valence-corrected chi connectivity index (χ3v) is 5.29. The van der Waals surface area contributed by atoms with E-state index in [1.165, 1.54) is 38.1 Å². The fraction of sp³-hybridized carbons (Fsp3) is 0.231. The molecule has 0 saturated carbocycles. The lowest BCUT2D eigenvalue weighted by atomic mass is 10.1. The van der Waals surface area contributed by atoms with E-state index in [0.29, 0.717) is 22.5 Å². The Balaban J connectivity index is 1.80. The number of halogens is 1. The summed E-state index contributed by atoms with van der Waals surface area (Å²) >= 11 is 0. The molecule has 2 aromatic carbocycles. The van der Waals surface area contributed by atoms with Crippen LogP contribution in [0, 0.1) is 26.6 Å². The number of carbonyl (C=O) groups is 4. The van der Waals surface area contributed by atoms with Crippen LogP contribution in [0.4, 0.5) is 15.8 Å². The summed E-state index contributed by atoms with van der Waals surface area (Å²) in [4.78, 5) is 48.4. The van der Waals surface area contributed by atoms with Crippen molar-refractivity contribution in [3.63, 3.8) is 0 Å². The van der Waals surface area contributed by atoms with Gasteiger partial charge in [-0.15, -0.1) is 0 Å². The molecule has 0 fully saturated rings. The Morgan fingerprint density at radius 2 is 1.49 bits per heavy atom. The molecule has 8 nitrogen and oxygen atoms in total. The Kier molecular flexibility index (Phi) is 7.49. The Morgan fingerprint density at radius 3 is 2.03 bits per heavy atom. The Bertz CT molecular complexity index is 1310. The smallest absolute Gasteiger partial charge is 0.338 e. The Morgan fingerprint density at radius 1 is 0.886 bits per heavy atom. The monoisotopic (exact) mass is 479 g/mol. The first-order valence-electron chi connectivity index (χ1n) is 10.8. The number of benzene rings is 2. The number of Topliss-reactive ketones (excluding diaryl/α,β-unsaturated/α-hetero) is 1. The van der Waals surface area contributed by atoms with Crippen LogP contribution in [-0.4, -0.2) is 34.7 Å². The van der Waals surface area contributed by atoms with Crippen LogP contribution in [0.2, 0.25) is 0 Å². The lowest BCUT2D eigenvalue weighted by molar-refractivity contribution is -0.115. The number of hydrogen-bond acceptors (Lipinski definition) is 5. The number of amides is 2. The maximum atomic E-state index is 14.1. The molecule has 0 unspecified atom stereocenters. The average molecular weight is 480 g/mol. The van der Waals surface area contributed by atoms with Gasteiger partial charge in [0.15, 0.2) is 6.61 Å². The second kappa shape index (κ2) is 10.3. The summed E-state index contributed by atoms with van der Waals surface area (Å²) in [5, 5.41) is 5.10. The number of hydrogen-bond donors (Lipinski definition) is 2. The summed E-state index contributed by atoms with van der Waals surface area (Å²) in [5.41, 5.74) is 3.39. The van der Waals surface area contributed by atoms with E-state index in [1.54, 1.807) is 43.5 Å². The minimum Gasteiger partial charge on any atom is -0.454 e. The number of anilines is 2. The van der Waals surface area contributed by atoms with Crippen LogP contribution in [0.25, 0.3) is 5.69 Å². The third-order valence-electron chi connectivity index (χ3n) is 5.29. The summed E-state index contributed by atoms with van der Waals surface area (Å²) in [7, 11) is 0. The van der Waals surface area contributed by atoms with Gasteiger partial charge in [0, 0.05) is 47.9 Å². The first kappa shape index (κ1) is 25.4. The van der Waals surface area contributed by atoms with E-state index in [-0.39, 0.29) is 34.6 Å². The lowest BCUT2D eigenvalue weighted by Gasteiger charge is -2.11. The number of rotatable bonds is 7. The predicted molar refractivity (Wildman–Crippen MR) is 130 cm³/mol. The molecular weight excluding hydrogens is 453 g/mol. The fourth-order valence-corrected chi connectivity index (χ4v) is 3.75. The SMILES string of the molecule is CC(=O)Nc1cc(NC(C)=O)cc(C(=O)OCC(=O)c2cc(C)n(-c3ccc(C)c(F)c3)c2C)c1. The van der Waals surface area contributed by atoms with Crippen LogP contribution in [-0.2, 0) is 14.3 Å². The molecule has 9 heteroatoms. The normalized spacial score (nSPS) is 10.6. The quantitative estimate of drug-likeness (QED) is 0.383. The zero-order chi connectivity index (χ0) is 25.9. The molecule has 0 radical (unpaired) electrons. The molecule has 1 aromatic heterocycles. The van der Waals surface area contributed by atoms with Crippen molar-refractivity contribution in [2.24, 2.45) is 0 Å². The van der Waals surface area contributed by atoms with Gasteiger partial charge in [0.05, 0.1) is 5.56 Å². The number of ketones is 1. The molecule has 0 spiro atoms. The van der Waals surface area contributed by atoms with Crippen molar-refractivity contribution in [2.45, 2.75) is 34.6 Å². The van der Waals surface area contributed by atoms with Crippen LogP contribution in [0.1, 0.15) is 51.5 Å². The van der Waals surface area contributed by atoms with Crippen LogP contribution >= 0.6 is 0 Å². The van der Waals surface area contributed by atoms with E-state index in [0.717, 1.165) is 5.69 Å². The summed E-state index contributed by atoms with van der Waals surface area (Å²) in [6, 6.07) is 10.8. The van der Waals surface area contributed by atoms with Gasteiger partial charge >= 0.3 is 5.97 Å². The van der Waals surface area contributed by atoms with Crippen molar-refractivity contribution in [2.75, 3.05) is 17.2 Å². The average Bonchev–Trinajstić information content (AvgIpc) is 3.06. The van der Waals surface area contributed by atoms with Crippen LogP contribution < -0.4 is 10.6 Å². The highest BCUT2D eigenvalue weighted by molar-refractivity contribution is 6.02. The van der Waals surface area contributed by atoms with Crippen molar-refractivity contribution in [3.05, 3.63) is 76.4 Å². The van der Waals surface area contributed by atoms with Crippen molar-refractivity contribution < 1.29 is 28.3 Å². The molecule has 35 heavy (non-hydrogen) atoms. The van der Waals surface area contributed by atoms with Gasteiger partial charge < -0.3 is 19.9 Å². The van der Waals surface area contributed by atoms with E-state index >= 15 is 0 Å². The molecule has 2 amide bonds. The summed E-state index contributed by atoms with van der Waals surface area (Å²) in [6.45, 7) is 7.29. The van der Waals surface area contributed by atoms with Crippen molar-refractivity contribution in [1.29, 1.82) is 0 Å². The van der Waals surface area contributed by atoms with Gasteiger partial charge in [0.2, 0.25) is 17.6 Å². The molecule has 3 aromatic rings. The molecule has 3 rings (SSSR count). The summed E-state index contributed by atoms with van der Waals surface area (Å²) in [5.74, 6) is -2.29. The van der Waals surface area contributed by atoms with Gasteiger partial charge in [0.1, 0.15) is 5.82 Å². The number of carbonyl (C=O) groups excluding carboxylic acids is 4. The molecule has 0 bridgehead atoms. The molecule has 182 valence electrons. The molecule has 1 heterocycles. The summed E-state index contributed by atoms with van der Waals surface area (Å²) < 4.78 is 21.1. The molecule has 0 aliphatic heterocycles. The molecular formula is C26H26FN3O5. The van der Waals surface area contributed by atoms with Crippen LogP contribution in [0.5, 0.6) is 0 Å². The Hall–Kier alpha value is -4.27. The number of ether oxygens (including phenoxy) is 1. The van der Waals surface area contributed by atoms with Crippen molar-refractivity contribution in [3.8, 4) is 5.69 Å². The van der Waals surface area contributed by atoms with E-state index < -0.39 is 18.4 Å². The molecule has 0 saturated heterocycles.